The molecule has 0 radical (unpaired) electrons. The van der Waals surface area contributed by atoms with Gasteiger partial charge in [0.2, 0.25) is 0 Å². The molecule has 1 aromatic rings. The average molecular weight is 193 g/mol. The van der Waals surface area contributed by atoms with E-state index in [1.165, 1.54) is 0 Å². The summed E-state index contributed by atoms with van der Waals surface area (Å²) >= 11 is 0. The molecular weight excluding hydrogens is 178 g/mol. The number of rotatable bonds is 5. The lowest BCUT2D eigenvalue weighted by molar-refractivity contribution is 0.276. The van der Waals surface area contributed by atoms with Gasteiger partial charge in [0.15, 0.2) is 0 Å². The van der Waals surface area contributed by atoms with E-state index in [1.807, 2.05) is 17.9 Å². The van der Waals surface area contributed by atoms with Crippen LogP contribution in [-0.4, -0.2) is 28.2 Å². The summed E-state index contributed by atoms with van der Waals surface area (Å²) in [4.78, 5) is 10.3. The Hall–Kier alpha value is -1.42. The van der Waals surface area contributed by atoms with E-state index in [4.69, 9.17) is 5.11 Å². The van der Waals surface area contributed by atoms with Crippen LogP contribution in [0.15, 0.2) is 25.0 Å². The van der Waals surface area contributed by atoms with Crippen molar-refractivity contribution in [2.75, 3.05) is 18.0 Å². The van der Waals surface area contributed by atoms with Gasteiger partial charge in [-0.3, -0.25) is 4.98 Å². The highest BCUT2D eigenvalue weighted by molar-refractivity contribution is 5.36. The summed E-state index contributed by atoms with van der Waals surface area (Å²) in [6.07, 6.45) is 5.06. The van der Waals surface area contributed by atoms with Gasteiger partial charge in [0.25, 0.3) is 0 Å². The van der Waals surface area contributed by atoms with Gasteiger partial charge in [0.05, 0.1) is 24.7 Å². The molecule has 0 unspecified atom stereocenters. The molecule has 0 aliphatic carbocycles. The van der Waals surface area contributed by atoms with E-state index in [-0.39, 0.29) is 6.61 Å². The highest BCUT2D eigenvalue weighted by atomic mass is 16.3. The van der Waals surface area contributed by atoms with Crippen molar-refractivity contribution in [3.05, 3.63) is 30.7 Å². The second-order valence-corrected chi connectivity index (χ2v) is 2.85. The summed E-state index contributed by atoms with van der Waals surface area (Å²) in [6.45, 7) is 7.22. The third kappa shape index (κ3) is 2.53. The number of anilines is 1. The van der Waals surface area contributed by atoms with Crippen LogP contribution in [0.4, 0.5) is 5.82 Å². The Kier molecular flexibility index (Phi) is 4.07. The number of aromatic nitrogens is 2. The lowest BCUT2D eigenvalue weighted by Crippen LogP contribution is -2.24. The zero-order valence-corrected chi connectivity index (χ0v) is 8.35. The minimum Gasteiger partial charge on any atom is -0.390 e. The van der Waals surface area contributed by atoms with Crippen LogP contribution in [0.3, 0.4) is 0 Å². The predicted molar refractivity (Wildman–Crippen MR) is 56.0 cm³/mol. The standard InChI is InChI=1S/C10H15N3O/c1-3-5-13(4-2)10-7-11-6-9(8-14)12-10/h3,6-7,14H,1,4-5,8H2,2H3. The van der Waals surface area contributed by atoms with Crippen LogP contribution < -0.4 is 4.90 Å². The van der Waals surface area contributed by atoms with Crippen molar-refractivity contribution in [2.24, 2.45) is 0 Å². The van der Waals surface area contributed by atoms with Gasteiger partial charge in [-0.15, -0.1) is 6.58 Å². The van der Waals surface area contributed by atoms with Crippen molar-refractivity contribution >= 4 is 5.82 Å². The molecule has 0 bridgehead atoms. The molecule has 0 fully saturated rings. The predicted octanol–water partition coefficient (Wildman–Crippen LogP) is 0.981. The molecular formula is C10H15N3O. The minimum absolute atomic E-state index is 0.0769. The zero-order chi connectivity index (χ0) is 10.4. The molecule has 76 valence electrons. The van der Waals surface area contributed by atoms with Gasteiger partial charge in [-0.1, -0.05) is 6.08 Å². The van der Waals surface area contributed by atoms with E-state index in [0.717, 1.165) is 18.9 Å². The van der Waals surface area contributed by atoms with Gasteiger partial charge >= 0.3 is 0 Å². The van der Waals surface area contributed by atoms with Gasteiger partial charge in [-0.25, -0.2) is 4.98 Å². The van der Waals surface area contributed by atoms with Gasteiger partial charge in [-0.05, 0) is 6.92 Å². The van der Waals surface area contributed by atoms with Crippen molar-refractivity contribution in [3.63, 3.8) is 0 Å². The molecule has 0 atom stereocenters. The fraction of sp³-hybridized carbons (Fsp3) is 0.400. The van der Waals surface area contributed by atoms with Crippen molar-refractivity contribution in [3.8, 4) is 0 Å². The monoisotopic (exact) mass is 193 g/mol. The number of aliphatic hydroxyl groups excluding tert-OH is 1. The van der Waals surface area contributed by atoms with Crippen LogP contribution in [0, 0.1) is 0 Å². The van der Waals surface area contributed by atoms with Crippen molar-refractivity contribution in [1.82, 2.24) is 9.97 Å². The first-order valence-electron chi connectivity index (χ1n) is 4.59. The van der Waals surface area contributed by atoms with Gasteiger partial charge in [-0.2, -0.15) is 0 Å². The largest absolute Gasteiger partial charge is 0.390 e. The first-order chi connectivity index (χ1) is 6.81. The Balaban J connectivity index is 2.85. The number of hydrogen-bond acceptors (Lipinski definition) is 4. The third-order valence-corrected chi connectivity index (χ3v) is 1.89. The number of aliphatic hydroxyl groups is 1. The normalized spacial score (nSPS) is 9.86. The van der Waals surface area contributed by atoms with E-state index >= 15 is 0 Å². The maximum Gasteiger partial charge on any atom is 0.147 e. The van der Waals surface area contributed by atoms with E-state index in [1.54, 1.807) is 12.4 Å². The molecule has 0 aliphatic heterocycles. The van der Waals surface area contributed by atoms with Crippen molar-refractivity contribution in [2.45, 2.75) is 13.5 Å². The lowest BCUT2D eigenvalue weighted by Gasteiger charge is -2.19. The molecule has 4 heteroatoms. The summed E-state index contributed by atoms with van der Waals surface area (Å²) < 4.78 is 0. The first kappa shape index (κ1) is 10.7. The molecule has 0 aromatic carbocycles. The Bertz CT molecular complexity index is 301. The zero-order valence-electron chi connectivity index (χ0n) is 8.35. The van der Waals surface area contributed by atoms with E-state index in [2.05, 4.69) is 16.5 Å². The molecule has 0 aliphatic rings. The highest BCUT2D eigenvalue weighted by Crippen LogP contribution is 2.08. The number of nitrogens with zero attached hydrogens (tertiary/aromatic N) is 3. The molecule has 14 heavy (non-hydrogen) atoms. The minimum atomic E-state index is -0.0769. The van der Waals surface area contributed by atoms with E-state index in [0.29, 0.717) is 5.69 Å². The third-order valence-electron chi connectivity index (χ3n) is 1.89. The maximum atomic E-state index is 8.91. The fourth-order valence-electron chi connectivity index (χ4n) is 1.16. The molecule has 1 heterocycles. The fourth-order valence-corrected chi connectivity index (χ4v) is 1.16. The second kappa shape index (κ2) is 5.34. The van der Waals surface area contributed by atoms with Crippen LogP contribution >= 0.6 is 0 Å². The summed E-state index contributed by atoms with van der Waals surface area (Å²) in [7, 11) is 0. The quantitative estimate of drug-likeness (QED) is 0.708. The van der Waals surface area contributed by atoms with Crippen LogP contribution in [0.2, 0.25) is 0 Å². The Morgan fingerprint density at radius 2 is 2.36 bits per heavy atom. The van der Waals surface area contributed by atoms with Crippen molar-refractivity contribution in [1.29, 1.82) is 0 Å². The second-order valence-electron chi connectivity index (χ2n) is 2.85. The topological polar surface area (TPSA) is 49.2 Å². The Morgan fingerprint density at radius 3 is 2.93 bits per heavy atom. The number of hydrogen-bond donors (Lipinski definition) is 1. The molecule has 0 saturated heterocycles. The highest BCUT2D eigenvalue weighted by Gasteiger charge is 2.04. The van der Waals surface area contributed by atoms with Crippen LogP contribution in [-0.2, 0) is 6.61 Å². The molecule has 4 nitrogen and oxygen atoms in total. The van der Waals surface area contributed by atoms with E-state index in [9.17, 15) is 0 Å². The average Bonchev–Trinajstić information content (AvgIpc) is 2.26. The molecule has 0 amide bonds. The molecule has 1 N–H and O–H groups in total. The lowest BCUT2D eigenvalue weighted by atomic mass is 10.4. The Labute approximate surface area is 83.9 Å². The summed E-state index contributed by atoms with van der Waals surface area (Å²) in [5.74, 6) is 0.777. The summed E-state index contributed by atoms with van der Waals surface area (Å²) in [6, 6.07) is 0. The SMILES string of the molecule is C=CCN(CC)c1cncc(CO)n1. The molecule has 0 spiro atoms. The molecule has 1 rings (SSSR count). The van der Waals surface area contributed by atoms with Crippen LogP contribution in [0.1, 0.15) is 12.6 Å². The van der Waals surface area contributed by atoms with Crippen LogP contribution in [0.25, 0.3) is 0 Å². The Morgan fingerprint density at radius 1 is 1.57 bits per heavy atom. The molecule has 1 aromatic heterocycles. The molecule has 0 saturated carbocycles. The van der Waals surface area contributed by atoms with E-state index < -0.39 is 0 Å². The summed E-state index contributed by atoms with van der Waals surface area (Å²) in [5, 5.41) is 8.91. The van der Waals surface area contributed by atoms with Gasteiger partial charge in [0, 0.05) is 13.1 Å². The number of likely N-dealkylation sites (N-methyl/N-ethyl adjacent to an activating group) is 1. The van der Waals surface area contributed by atoms with Gasteiger partial charge < -0.3 is 10.0 Å². The first-order valence-corrected chi connectivity index (χ1v) is 4.59. The van der Waals surface area contributed by atoms with Crippen LogP contribution in [0.5, 0.6) is 0 Å². The maximum absolute atomic E-state index is 8.91. The smallest absolute Gasteiger partial charge is 0.147 e. The summed E-state index contributed by atoms with van der Waals surface area (Å²) in [5.41, 5.74) is 0.588. The van der Waals surface area contributed by atoms with Gasteiger partial charge in [0.1, 0.15) is 5.82 Å². The van der Waals surface area contributed by atoms with Crippen molar-refractivity contribution < 1.29 is 5.11 Å².